The quantitative estimate of drug-likeness (QED) is 0.398. The number of methoxy groups -OCH3 is 1. The van der Waals surface area contributed by atoms with E-state index in [-0.39, 0.29) is 12.6 Å². The van der Waals surface area contributed by atoms with Crippen molar-refractivity contribution in [3.8, 4) is 11.3 Å². The number of carbonyl (C=O) groups excluding carboxylic acids is 1. The molecule has 0 unspecified atom stereocenters. The normalized spacial score (nSPS) is 14.7. The molecule has 156 valence electrons. The van der Waals surface area contributed by atoms with Crippen LogP contribution in [-0.2, 0) is 17.8 Å². The third-order valence-corrected chi connectivity index (χ3v) is 6.27. The van der Waals surface area contributed by atoms with Gasteiger partial charge in [-0.15, -0.1) is 6.58 Å². The highest BCUT2D eigenvalue weighted by Gasteiger charge is 2.26. The Bertz CT molecular complexity index is 1070. The van der Waals surface area contributed by atoms with Crippen LogP contribution >= 0.6 is 0 Å². The van der Waals surface area contributed by atoms with Crippen LogP contribution in [0, 0.1) is 0 Å². The number of aliphatic hydroxyl groups is 1. The summed E-state index contributed by atoms with van der Waals surface area (Å²) in [6, 6.07) is 11.8. The Morgan fingerprint density at radius 3 is 2.67 bits per heavy atom. The summed E-state index contributed by atoms with van der Waals surface area (Å²) < 4.78 is 4.98. The second kappa shape index (κ2) is 8.88. The molecular formula is C26H29NO3. The number of carbonyl (C=O) groups is 1. The van der Waals surface area contributed by atoms with Crippen molar-refractivity contribution in [1.29, 1.82) is 0 Å². The second-order valence-electron chi connectivity index (χ2n) is 8.11. The molecule has 1 heterocycles. The minimum absolute atomic E-state index is 0.0113. The maximum atomic E-state index is 12.3. The number of aromatic nitrogens is 1. The number of ether oxygens (including phenoxy) is 1. The van der Waals surface area contributed by atoms with Gasteiger partial charge in [0.25, 0.3) is 0 Å². The SMILES string of the molecule is C=CCc1cc(C(=O)OC)cc2[nH]c(-c3ccccc3CO)c(C3CCCCC3)c12. The fourth-order valence-electron chi connectivity index (χ4n) is 4.91. The minimum atomic E-state index is -0.340. The first-order valence-electron chi connectivity index (χ1n) is 10.7. The van der Waals surface area contributed by atoms with Gasteiger partial charge in [0.1, 0.15) is 0 Å². The molecule has 0 bridgehead atoms. The van der Waals surface area contributed by atoms with Crippen LogP contribution < -0.4 is 0 Å². The van der Waals surface area contributed by atoms with Crippen LogP contribution in [0.25, 0.3) is 22.2 Å². The first-order chi connectivity index (χ1) is 14.7. The molecule has 1 aliphatic carbocycles. The maximum Gasteiger partial charge on any atom is 0.337 e. The van der Waals surface area contributed by atoms with Crippen LogP contribution in [0.5, 0.6) is 0 Å². The molecular weight excluding hydrogens is 374 g/mol. The van der Waals surface area contributed by atoms with E-state index in [0.717, 1.165) is 40.7 Å². The highest BCUT2D eigenvalue weighted by Crippen LogP contribution is 2.44. The molecule has 2 aromatic carbocycles. The molecule has 1 saturated carbocycles. The van der Waals surface area contributed by atoms with Gasteiger partial charge in [0.15, 0.2) is 0 Å². The van der Waals surface area contributed by atoms with Gasteiger partial charge in [-0.2, -0.15) is 0 Å². The molecule has 30 heavy (non-hydrogen) atoms. The van der Waals surface area contributed by atoms with E-state index in [0.29, 0.717) is 17.9 Å². The van der Waals surface area contributed by atoms with Gasteiger partial charge < -0.3 is 14.8 Å². The van der Waals surface area contributed by atoms with Crippen molar-refractivity contribution in [2.45, 2.75) is 51.0 Å². The molecule has 1 aliphatic rings. The van der Waals surface area contributed by atoms with Crippen molar-refractivity contribution in [1.82, 2.24) is 4.98 Å². The summed E-state index contributed by atoms with van der Waals surface area (Å²) in [4.78, 5) is 15.9. The lowest BCUT2D eigenvalue weighted by atomic mass is 9.80. The van der Waals surface area contributed by atoms with Crippen LogP contribution in [-0.4, -0.2) is 23.2 Å². The molecule has 0 amide bonds. The number of nitrogens with one attached hydrogen (secondary N) is 1. The number of esters is 1. The molecule has 0 aliphatic heterocycles. The van der Waals surface area contributed by atoms with Gasteiger partial charge in [0.2, 0.25) is 0 Å². The second-order valence-corrected chi connectivity index (χ2v) is 8.11. The Balaban J connectivity index is 2.03. The number of hydrogen-bond acceptors (Lipinski definition) is 3. The van der Waals surface area contributed by atoms with Crippen LogP contribution in [0.1, 0.15) is 65.1 Å². The summed E-state index contributed by atoms with van der Waals surface area (Å²) in [6.07, 6.45) is 8.63. The Kier molecular flexibility index (Phi) is 6.05. The molecule has 1 aromatic heterocycles. The predicted molar refractivity (Wildman–Crippen MR) is 121 cm³/mol. The molecule has 0 saturated heterocycles. The number of benzene rings is 2. The number of aliphatic hydroxyl groups excluding tert-OH is 1. The molecule has 4 nitrogen and oxygen atoms in total. The Morgan fingerprint density at radius 2 is 1.97 bits per heavy atom. The monoisotopic (exact) mass is 403 g/mol. The summed E-state index contributed by atoms with van der Waals surface area (Å²) >= 11 is 0. The number of H-pyrrole nitrogens is 1. The number of hydrogen-bond donors (Lipinski definition) is 2. The summed E-state index contributed by atoms with van der Waals surface area (Å²) in [5.41, 5.74) is 6.89. The highest BCUT2D eigenvalue weighted by molar-refractivity contribution is 6.00. The third-order valence-electron chi connectivity index (χ3n) is 6.27. The van der Waals surface area contributed by atoms with Gasteiger partial charge in [-0.05, 0) is 54.0 Å². The third kappa shape index (κ3) is 3.68. The first-order valence-corrected chi connectivity index (χ1v) is 10.7. The topological polar surface area (TPSA) is 62.3 Å². The van der Waals surface area contributed by atoms with Crippen molar-refractivity contribution in [3.05, 3.63) is 71.3 Å². The fraction of sp³-hybridized carbons (Fsp3) is 0.346. The summed E-state index contributed by atoms with van der Waals surface area (Å²) in [6.45, 7) is 3.92. The number of aromatic amines is 1. The standard InChI is InChI=1S/C26H29NO3/c1-3-9-18-14-20(26(29)30-2)15-22-23(18)24(17-10-5-4-6-11-17)25(27-22)21-13-8-7-12-19(21)16-28/h3,7-8,12-15,17,27-28H,1,4-6,9-11,16H2,2H3. The smallest absolute Gasteiger partial charge is 0.337 e. The van der Waals surface area contributed by atoms with Gasteiger partial charge in [0.05, 0.1) is 25.0 Å². The zero-order chi connectivity index (χ0) is 21.1. The van der Waals surface area contributed by atoms with Gasteiger partial charge in [-0.3, -0.25) is 0 Å². The van der Waals surface area contributed by atoms with E-state index in [2.05, 4.69) is 17.6 Å². The van der Waals surface area contributed by atoms with Crippen LogP contribution in [0.2, 0.25) is 0 Å². The number of allylic oxidation sites excluding steroid dienone is 1. The van der Waals surface area contributed by atoms with Gasteiger partial charge >= 0.3 is 5.97 Å². The lowest BCUT2D eigenvalue weighted by molar-refractivity contribution is 0.0601. The Morgan fingerprint density at radius 1 is 1.20 bits per heavy atom. The van der Waals surface area contributed by atoms with E-state index in [9.17, 15) is 9.90 Å². The van der Waals surface area contributed by atoms with Crippen molar-refractivity contribution < 1.29 is 14.6 Å². The Labute approximate surface area is 177 Å². The summed E-state index contributed by atoms with van der Waals surface area (Å²) in [7, 11) is 1.41. The molecule has 4 heteroatoms. The van der Waals surface area contributed by atoms with E-state index in [1.54, 1.807) is 0 Å². The van der Waals surface area contributed by atoms with Crippen LogP contribution in [0.3, 0.4) is 0 Å². The molecule has 2 N–H and O–H groups in total. The van der Waals surface area contributed by atoms with E-state index in [1.807, 2.05) is 36.4 Å². The molecule has 0 radical (unpaired) electrons. The minimum Gasteiger partial charge on any atom is -0.465 e. The molecule has 3 aromatic rings. The lowest BCUT2D eigenvalue weighted by Gasteiger charge is -2.24. The molecule has 1 fully saturated rings. The zero-order valence-electron chi connectivity index (χ0n) is 17.5. The van der Waals surface area contributed by atoms with E-state index in [1.165, 1.54) is 37.3 Å². The predicted octanol–water partition coefficient (Wildman–Crippen LogP) is 5.89. The molecule has 4 rings (SSSR count). The summed E-state index contributed by atoms with van der Waals surface area (Å²) in [5, 5.41) is 11.1. The number of fused-ring (bicyclic) bond motifs is 1. The van der Waals surface area contributed by atoms with Crippen molar-refractivity contribution in [3.63, 3.8) is 0 Å². The van der Waals surface area contributed by atoms with Crippen molar-refractivity contribution >= 4 is 16.9 Å². The number of rotatable bonds is 6. The maximum absolute atomic E-state index is 12.3. The Hall–Kier alpha value is -2.85. The van der Waals surface area contributed by atoms with E-state index in [4.69, 9.17) is 4.74 Å². The fourth-order valence-corrected chi connectivity index (χ4v) is 4.91. The lowest BCUT2D eigenvalue weighted by Crippen LogP contribution is -2.07. The van der Waals surface area contributed by atoms with Gasteiger partial charge in [-0.25, -0.2) is 4.79 Å². The van der Waals surface area contributed by atoms with Crippen LogP contribution in [0.4, 0.5) is 0 Å². The van der Waals surface area contributed by atoms with Crippen molar-refractivity contribution in [2.75, 3.05) is 7.11 Å². The van der Waals surface area contributed by atoms with Gasteiger partial charge in [-0.1, -0.05) is 49.6 Å². The van der Waals surface area contributed by atoms with E-state index < -0.39 is 0 Å². The average Bonchev–Trinajstić information content (AvgIpc) is 3.18. The summed E-state index contributed by atoms with van der Waals surface area (Å²) in [5.74, 6) is 0.120. The van der Waals surface area contributed by atoms with E-state index >= 15 is 0 Å². The molecule has 0 atom stereocenters. The van der Waals surface area contributed by atoms with Crippen LogP contribution in [0.15, 0.2) is 49.1 Å². The zero-order valence-corrected chi connectivity index (χ0v) is 17.5. The first kappa shape index (κ1) is 20.4. The average molecular weight is 404 g/mol. The highest BCUT2D eigenvalue weighted by atomic mass is 16.5. The molecule has 0 spiro atoms. The van der Waals surface area contributed by atoms with Crippen molar-refractivity contribution in [2.24, 2.45) is 0 Å². The van der Waals surface area contributed by atoms with Gasteiger partial charge in [0, 0.05) is 16.5 Å². The largest absolute Gasteiger partial charge is 0.465 e.